The number of hydrogen-bond donors (Lipinski definition) is 3. The van der Waals surface area contributed by atoms with Gasteiger partial charge < -0.3 is 19.8 Å². The van der Waals surface area contributed by atoms with Crippen molar-refractivity contribution in [1.29, 1.82) is 0 Å². The zero-order chi connectivity index (χ0) is 30.6. The molecule has 0 bridgehead atoms. The summed E-state index contributed by atoms with van der Waals surface area (Å²) in [4.78, 5) is 16.9. The van der Waals surface area contributed by atoms with Gasteiger partial charge in [0, 0.05) is 32.6 Å². The first kappa shape index (κ1) is 32.8. The molecular formula is C28H35F6N3O4. The number of amides is 1. The molecule has 1 unspecified atom stereocenters. The molecule has 1 heterocycles. The summed E-state index contributed by atoms with van der Waals surface area (Å²) in [6.07, 6.45) is -11.2. The molecule has 13 heteroatoms. The Morgan fingerprint density at radius 1 is 1.00 bits per heavy atom. The van der Waals surface area contributed by atoms with E-state index in [1.54, 1.807) is 4.90 Å². The lowest BCUT2D eigenvalue weighted by molar-refractivity contribution is -0.144. The number of nitrogens with zero attached hydrogens (tertiary/aromatic N) is 2. The van der Waals surface area contributed by atoms with E-state index in [0.717, 1.165) is 5.56 Å². The maximum Gasteiger partial charge on any atom is 0.416 e. The number of likely N-dealkylation sites (N-methyl/N-ethyl adjacent to an activating group) is 1. The van der Waals surface area contributed by atoms with Gasteiger partial charge in [0.15, 0.2) is 6.35 Å². The molecule has 3 atom stereocenters. The number of carbonyl (C=O) groups excluding carboxylic acids is 1. The summed E-state index contributed by atoms with van der Waals surface area (Å²) in [5, 5.41) is 22.5. The molecular weight excluding hydrogens is 556 g/mol. The van der Waals surface area contributed by atoms with Crippen molar-refractivity contribution in [2.45, 2.75) is 49.9 Å². The van der Waals surface area contributed by atoms with Gasteiger partial charge >= 0.3 is 12.4 Å². The van der Waals surface area contributed by atoms with Crippen molar-refractivity contribution >= 4 is 5.91 Å². The average Bonchev–Trinajstić information content (AvgIpc) is 3.37. The van der Waals surface area contributed by atoms with Crippen molar-refractivity contribution in [3.05, 3.63) is 70.8 Å². The molecule has 0 aromatic heterocycles. The van der Waals surface area contributed by atoms with Crippen LogP contribution in [0.1, 0.15) is 42.0 Å². The largest absolute Gasteiger partial charge is 0.416 e. The molecule has 2 aromatic carbocycles. The first-order valence-electron chi connectivity index (χ1n) is 13.0. The molecule has 3 rings (SSSR count). The lowest BCUT2D eigenvalue weighted by atomic mass is 9.80. The number of aliphatic hydroxyl groups is 2. The number of halogens is 6. The van der Waals surface area contributed by atoms with E-state index in [4.69, 9.17) is 9.84 Å². The van der Waals surface area contributed by atoms with Crippen molar-refractivity contribution in [3.8, 4) is 0 Å². The van der Waals surface area contributed by atoms with Crippen molar-refractivity contribution in [3.63, 3.8) is 0 Å². The van der Waals surface area contributed by atoms with Crippen LogP contribution < -0.4 is 5.32 Å². The minimum absolute atomic E-state index is 0.0390. The second-order valence-electron chi connectivity index (χ2n) is 10.5. The zero-order valence-electron chi connectivity index (χ0n) is 23.0. The number of hydrogen-bond acceptors (Lipinski definition) is 6. The van der Waals surface area contributed by atoms with Crippen LogP contribution in [0.25, 0.3) is 0 Å². The molecule has 2 aromatic rings. The van der Waals surface area contributed by atoms with Gasteiger partial charge in [-0.15, -0.1) is 0 Å². The van der Waals surface area contributed by atoms with Crippen molar-refractivity contribution < 1.29 is 46.1 Å². The normalized spacial score (nSPS) is 19.4. The van der Waals surface area contributed by atoms with Crippen LogP contribution in [0.3, 0.4) is 0 Å². The summed E-state index contributed by atoms with van der Waals surface area (Å²) in [6, 6.07) is 9.82. The molecule has 1 aliphatic rings. The van der Waals surface area contributed by atoms with E-state index in [-0.39, 0.29) is 44.9 Å². The molecule has 3 N–H and O–H groups in total. The number of nitrogens with one attached hydrogen (secondary N) is 1. The van der Waals surface area contributed by atoms with E-state index in [1.165, 1.54) is 25.8 Å². The molecule has 1 saturated heterocycles. The third-order valence-electron chi connectivity index (χ3n) is 7.36. The van der Waals surface area contributed by atoms with E-state index in [0.29, 0.717) is 18.7 Å². The van der Waals surface area contributed by atoms with Gasteiger partial charge in [-0.05, 0) is 43.2 Å². The van der Waals surface area contributed by atoms with Crippen molar-refractivity contribution in [2.24, 2.45) is 0 Å². The van der Waals surface area contributed by atoms with Gasteiger partial charge in [-0.1, -0.05) is 30.3 Å². The molecule has 0 radical (unpaired) electrons. The predicted molar refractivity (Wildman–Crippen MR) is 139 cm³/mol. The SMILES string of the molecule is CN(C(=O)C(C)(C)c1cc(C(F)(F)F)cc(C(F)(F)F)c1)[C@@H]1CN(C(O)NCCOCCO)C[C@H]1c1ccccc1. The summed E-state index contributed by atoms with van der Waals surface area (Å²) >= 11 is 0. The van der Waals surface area contributed by atoms with Crippen molar-refractivity contribution in [2.75, 3.05) is 46.5 Å². The highest BCUT2D eigenvalue weighted by atomic mass is 19.4. The standard InChI is InChI=1S/C28H35F6N3O4/c1-26(2,19-13-20(27(29,30)31)15-21(14-19)28(32,33)34)24(39)36(3)23-17-37(25(40)35-9-11-41-12-10-38)16-22(23)18-7-5-4-6-8-18/h4-8,13-15,22-23,25,35,38,40H,9-12,16-17H2,1-3H3/t22-,23+,25?/m0/s1. The fourth-order valence-electron chi connectivity index (χ4n) is 5.02. The fraction of sp³-hybridized carbons (Fsp3) is 0.536. The number of likely N-dealkylation sites (tertiary alicyclic amines) is 1. The summed E-state index contributed by atoms with van der Waals surface area (Å²) in [6.45, 7) is 3.63. The molecule has 1 amide bonds. The van der Waals surface area contributed by atoms with E-state index in [9.17, 15) is 36.2 Å². The number of aliphatic hydroxyl groups excluding tert-OH is 2. The maximum absolute atomic E-state index is 13.8. The van der Waals surface area contributed by atoms with Gasteiger partial charge in [-0.2, -0.15) is 26.3 Å². The van der Waals surface area contributed by atoms with Crippen LogP contribution in [0, 0.1) is 0 Å². The minimum Gasteiger partial charge on any atom is -0.394 e. The van der Waals surface area contributed by atoms with Gasteiger partial charge in [-0.3, -0.25) is 15.0 Å². The lowest BCUT2D eigenvalue weighted by Crippen LogP contribution is -2.50. The topological polar surface area (TPSA) is 85.3 Å². The monoisotopic (exact) mass is 591 g/mol. The second-order valence-corrected chi connectivity index (χ2v) is 10.5. The van der Waals surface area contributed by atoms with Crippen LogP contribution in [-0.2, 0) is 27.3 Å². The molecule has 0 saturated carbocycles. The summed E-state index contributed by atoms with van der Waals surface area (Å²) < 4.78 is 86.3. The summed E-state index contributed by atoms with van der Waals surface area (Å²) in [5.41, 5.74) is -4.28. The van der Waals surface area contributed by atoms with Crippen LogP contribution in [0.5, 0.6) is 0 Å². The van der Waals surface area contributed by atoms with E-state index >= 15 is 0 Å². The van der Waals surface area contributed by atoms with Crippen LogP contribution in [0.2, 0.25) is 0 Å². The minimum atomic E-state index is -5.04. The summed E-state index contributed by atoms with van der Waals surface area (Å²) in [7, 11) is 1.47. The molecule has 0 aliphatic carbocycles. The predicted octanol–water partition coefficient (Wildman–Crippen LogP) is 3.80. The van der Waals surface area contributed by atoms with E-state index < -0.39 is 52.8 Å². The van der Waals surface area contributed by atoms with Crippen LogP contribution in [0.15, 0.2) is 48.5 Å². The molecule has 1 fully saturated rings. The molecule has 228 valence electrons. The second kappa shape index (κ2) is 13.1. The van der Waals surface area contributed by atoms with Gasteiger partial charge in [0.1, 0.15) is 0 Å². The van der Waals surface area contributed by atoms with Crippen LogP contribution in [0.4, 0.5) is 26.3 Å². The van der Waals surface area contributed by atoms with Crippen molar-refractivity contribution in [1.82, 2.24) is 15.1 Å². The highest BCUT2D eigenvalue weighted by Gasteiger charge is 2.45. The maximum atomic E-state index is 13.8. The Kier molecular flexibility index (Phi) is 10.5. The van der Waals surface area contributed by atoms with E-state index in [1.807, 2.05) is 30.3 Å². The van der Waals surface area contributed by atoms with Crippen LogP contribution >= 0.6 is 0 Å². The third kappa shape index (κ3) is 7.98. The van der Waals surface area contributed by atoms with Gasteiger partial charge in [0.2, 0.25) is 5.91 Å². The lowest BCUT2D eigenvalue weighted by Gasteiger charge is -2.36. The average molecular weight is 592 g/mol. The highest BCUT2D eigenvalue weighted by molar-refractivity contribution is 5.87. The number of rotatable bonds is 11. The Balaban J connectivity index is 1.90. The number of benzene rings is 2. The van der Waals surface area contributed by atoms with Gasteiger partial charge in [0.25, 0.3) is 0 Å². The fourth-order valence-corrected chi connectivity index (χ4v) is 5.02. The number of carbonyl (C=O) groups is 1. The highest BCUT2D eigenvalue weighted by Crippen LogP contribution is 2.40. The Labute approximate surface area is 234 Å². The molecule has 0 spiro atoms. The van der Waals surface area contributed by atoms with Gasteiger partial charge in [0.05, 0.1) is 42.4 Å². The Morgan fingerprint density at radius 3 is 2.10 bits per heavy atom. The van der Waals surface area contributed by atoms with Crippen LogP contribution in [-0.4, -0.2) is 84.8 Å². The number of ether oxygens (including phenoxy) is 1. The Bertz CT molecular complexity index is 1130. The third-order valence-corrected chi connectivity index (χ3v) is 7.36. The van der Waals surface area contributed by atoms with E-state index in [2.05, 4.69) is 5.32 Å². The number of alkyl halides is 6. The first-order valence-corrected chi connectivity index (χ1v) is 13.0. The molecule has 7 nitrogen and oxygen atoms in total. The smallest absolute Gasteiger partial charge is 0.394 e. The Hall–Kier alpha value is -2.71. The Morgan fingerprint density at radius 2 is 1.56 bits per heavy atom. The molecule has 41 heavy (non-hydrogen) atoms. The summed E-state index contributed by atoms with van der Waals surface area (Å²) in [5.74, 6) is -0.979. The molecule has 1 aliphatic heterocycles. The quantitative estimate of drug-likeness (QED) is 0.210. The zero-order valence-corrected chi connectivity index (χ0v) is 23.0. The first-order chi connectivity index (χ1) is 19.1. The van der Waals surface area contributed by atoms with Gasteiger partial charge in [-0.25, -0.2) is 0 Å².